The topological polar surface area (TPSA) is 219 Å². The van der Waals surface area contributed by atoms with Crippen LogP contribution in [0, 0.1) is 5.92 Å². The van der Waals surface area contributed by atoms with Crippen molar-refractivity contribution >= 4 is 66.6 Å². The molecular formula is C43H53N2O13S2+. The van der Waals surface area contributed by atoms with Crippen LogP contribution >= 0.6 is 0 Å². The second-order valence-electron chi connectivity index (χ2n) is 16.1. The average Bonchev–Trinajstić information content (AvgIpc) is 3.60. The largest absolute Gasteiger partial charge is 0.466 e. The third-order valence-electron chi connectivity index (χ3n) is 11.4. The molecule has 2 aliphatic heterocycles. The number of hydrogen-bond acceptors (Lipinski definition) is 12. The Kier molecular flexibility index (Phi) is 13.9. The van der Waals surface area contributed by atoms with Gasteiger partial charge in [-0.05, 0) is 95.3 Å². The van der Waals surface area contributed by atoms with Crippen molar-refractivity contribution < 1.29 is 64.0 Å². The molecule has 0 bridgehead atoms. The molecule has 15 nitrogen and oxygen atoms in total. The number of ether oxygens (including phenoxy) is 2. The quantitative estimate of drug-likeness (QED) is 0.0267. The lowest BCUT2D eigenvalue weighted by Crippen LogP contribution is -2.30. The molecule has 0 amide bonds. The van der Waals surface area contributed by atoms with Crippen molar-refractivity contribution in [1.29, 1.82) is 0 Å². The van der Waals surface area contributed by atoms with E-state index < -0.39 is 54.3 Å². The van der Waals surface area contributed by atoms with E-state index in [1.165, 1.54) is 36.4 Å². The smallest absolute Gasteiger partial charge is 0.305 e. The number of unbranched alkanes of at least 4 members (excludes halogenated alkanes) is 4. The molecule has 0 saturated heterocycles. The van der Waals surface area contributed by atoms with E-state index in [9.17, 15) is 49.9 Å². The fraction of sp³-hybridized carbons (Fsp3) is 0.488. The first-order chi connectivity index (χ1) is 28.0. The van der Waals surface area contributed by atoms with Gasteiger partial charge in [0.15, 0.2) is 11.5 Å². The highest BCUT2D eigenvalue weighted by molar-refractivity contribution is 7.86. The fourth-order valence-corrected chi connectivity index (χ4v) is 9.24. The molecule has 1 unspecified atom stereocenters. The number of allylic oxidation sites excluding steroid dienone is 4. The molecule has 324 valence electrons. The molecule has 2 N–H and O–H groups in total. The highest BCUT2D eigenvalue weighted by atomic mass is 32.2. The Bertz CT molecular complexity index is 2430. The molecule has 60 heavy (non-hydrogen) atoms. The van der Waals surface area contributed by atoms with E-state index in [0.717, 1.165) is 0 Å². The van der Waals surface area contributed by atoms with Crippen LogP contribution in [0.5, 0.6) is 0 Å². The number of fused-ring (bicyclic) bond motifs is 2. The highest BCUT2D eigenvalue weighted by Gasteiger charge is 2.51. The van der Waals surface area contributed by atoms with Crippen LogP contribution in [-0.4, -0.2) is 91.8 Å². The minimum Gasteiger partial charge on any atom is -0.466 e. The molecule has 0 spiro atoms. The Balaban J connectivity index is 1.53. The molecule has 1 atom stereocenters. The molecule has 2 aromatic carbocycles. The van der Waals surface area contributed by atoms with Crippen molar-refractivity contribution in [2.45, 2.75) is 114 Å². The monoisotopic (exact) mass is 869 g/mol. The minimum absolute atomic E-state index is 0.229. The van der Waals surface area contributed by atoms with Gasteiger partial charge >= 0.3 is 11.9 Å². The molecular weight excluding hydrogens is 817 g/mol. The van der Waals surface area contributed by atoms with E-state index in [0.29, 0.717) is 85.5 Å². The van der Waals surface area contributed by atoms with Gasteiger partial charge < -0.3 is 14.4 Å². The van der Waals surface area contributed by atoms with Crippen molar-refractivity contribution in [3.8, 4) is 0 Å². The van der Waals surface area contributed by atoms with Gasteiger partial charge in [0.2, 0.25) is 17.3 Å². The van der Waals surface area contributed by atoms with Crippen LogP contribution in [0.3, 0.4) is 0 Å². The number of anilines is 1. The molecule has 17 heteroatoms. The molecule has 2 heterocycles. The molecule has 3 aliphatic rings. The van der Waals surface area contributed by atoms with Crippen LogP contribution in [0.15, 0.2) is 69.6 Å². The van der Waals surface area contributed by atoms with Crippen LogP contribution < -0.4 is 4.90 Å². The van der Waals surface area contributed by atoms with Crippen LogP contribution in [-0.2, 0) is 64.5 Å². The van der Waals surface area contributed by atoms with Crippen molar-refractivity contribution in [2.24, 2.45) is 5.92 Å². The molecule has 0 aromatic heterocycles. The first-order valence-electron chi connectivity index (χ1n) is 20.1. The maximum absolute atomic E-state index is 14.4. The number of carbonyl (C=O) groups is 5. The summed E-state index contributed by atoms with van der Waals surface area (Å²) in [5, 5.41) is 0. The van der Waals surface area contributed by atoms with Gasteiger partial charge in [-0.3, -0.25) is 33.1 Å². The minimum atomic E-state index is -4.58. The third kappa shape index (κ3) is 9.54. The molecule has 2 aromatic rings. The fourth-order valence-electron chi connectivity index (χ4n) is 8.23. The van der Waals surface area contributed by atoms with Gasteiger partial charge in [0.1, 0.15) is 12.5 Å². The van der Waals surface area contributed by atoms with Crippen molar-refractivity contribution in [3.05, 3.63) is 70.9 Å². The number of nitrogens with zero attached hydrogens (tertiary/aromatic N) is 2. The van der Waals surface area contributed by atoms with Gasteiger partial charge in [-0.1, -0.05) is 20.3 Å². The maximum atomic E-state index is 14.4. The lowest BCUT2D eigenvalue weighted by atomic mass is 9.80. The summed E-state index contributed by atoms with van der Waals surface area (Å²) in [6.45, 7) is 11.8. The Morgan fingerprint density at radius 2 is 1.30 bits per heavy atom. The summed E-state index contributed by atoms with van der Waals surface area (Å²) in [7, 11) is -9.16. The summed E-state index contributed by atoms with van der Waals surface area (Å²) < 4.78 is 80.3. The number of rotatable bonds is 18. The van der Waals surface area contributed by atoms with Gasteiger partial charge in [0.05, 0.1) is 34.0 Å². The van der Waals surface area contributed by atoms with Gasteiger partial charge in [0.25, 0.3) is 20.2 Å². The predicted octanol–water partition coefficient (Wildman–Crippen LogP) is 5.75. The second-order valence-corrected chi connectivity index (χ2v) is 19.0. The van der Waals surface area contributed by atoms with Crippen LogP contribution in [0.25, 0.3) is 0 Å². The molecule has 1 aliphatic carbocycles. The SMILES string of the molecule is CCOC(=O)CCCCCN1/C(=C\C2C(=O)C(=O)/C(=C\C3=[N+](CCCCCC(=O)OCC)c4ccc(S(=O)(=O)O)cc4C3(C)C)C2=O)C(C)(C)c2cc(S(=O)(=O)O)ccc21. The zero-order chi connectivity index (χ0) is 44.4. The number of hydrogen-bond donors (Lipinski definition) is 2. The number of benzene rings is 2. The van der Waals surface area contributed by atoms with Gasteiger partial charge in [-0.15, -0.1) is 0 Å². The summed E-state index contributed by atoms with van der Waals surface area (Å²) in [6.07, 6.45) is 6.77. The standard InChI is InChI=1S/C43H52N2O13S2/c1-7-57-37(46)15-11-9-13-21-44-33-19-17-27(59(51,52)53)23-31(33)42(3,4)35(44)25-29-39(48)30(41(50)40(29)49)26-36-43(5,6)32-24-28(60(54,55)56)18-20-34(32)45(36)22-14-10-12-16-38(47)58-8-2/h17-20,23-26,29H,7-16,21-22H2,1-6H3,(H-,51,52,53,54,55,56)/p+1/b30-26-,35-25-. The van der Waals surface area contributed by atoms with Gasteiger partial charge in [-0.2, -0.15) is 21.4 Å². The van der Waals surface area contributed by atoms with Crippen LogP contribution in [0.2, 0.25) is 0 Å². The first-order valence-corrected chi connectivity index (χ1v) is 23.0. The number of Topliss-reactive ketones (excluding diaryl/α,β-unsaturated/α-hetero) is 3. The summed E-state index contributed by atoms with van der Waals surface area (Å²) >= 11 is 0. The van der Waals surface area contributed by atoms with Crippen LogP contribution in [0.4, 0.5) is 11.4 Å². The van der Waals surface area contributed by atoms with Crippen LogP contribution in [0.1, 0.15) is 104 Å². The Hall–Kier alpha value is -4.84. The summed E-state index contributed by atoms with van der Waals surface area (Å²) in [5.74, 6) is -4.84. The lowest BCUT2D eigenvalue weighted by molar-refractivity contribution is -0.438. The van der Waals surface area contributed by atoms with Crippen molar-refractivity contribution in [2.75, 3.05) is 31.2 Å². The van der Waals surface area contributed by atoms with E-state index in [-0.39, 0.29) is 53.4 Å². The summed E-state index contributed by atoms with van der Waals surface area (Å²) in [5.41, 5.74) is 0.738. The summed E-state index contributed by atoms with van der Waals surface area (Å²) in [4.78, 5) is 67.1. The zero-order valence-electron chi connectivity index (χ0n) is 34.8. The second kappa shape index (κ2) is 18.0. The van der Waals surface area contributed by atoms with E-state index in [1.807, 2.05) is 9.48 Å². The van der Waals surface area contributed by atoms with Gasteiger partial charge in [-0.25, -0.2) is 0 Å². The van der Waals surface area contributed by atoms with Crippen molar-refractivity contribution in [1.82, 2.24) is 0 Å². The zero-order valence-corrected chi connectivity index (χ0v) is 36.4. The Morgan fingerprint density at radius 1 is 0.750 bits per heavy atom. The molecule has 5 rings (SSSR count). The number of carbonyl (C=O) groups excluding carboxylic acids is 5. The molecule has 0 radical (unpaired) electrons. The van der Waals surface area contributed by atoms with E-state index in [1.54, 1.807) is 53.7 Å². The molecule has 1 saturated carbocycles. The first kappa shape index (κ1) is 46.2. The normalized spacial score (nSPS) is 19.7. The average molecular weight is 870 g/mol. The van der Waals surface area contributed by atoms with E-state index >= 15 is 0 Å². The Labute approximate surface area is 351 Å². The third-order valence-corrected chi connectivity index (χ3v) is 13.1. The predicted molar refractivity (Wildman–Crippen MR) is 221 cm³/mol. The lowest BCUT2D eigenvalue weighted by Gasteiger charge is -2.28. The summed E-state index contributed by atoms with van der Waals surface area (Å²) in [6, 6.07) is 8.31. The van der Waals surface area contributed by atoms with Gasteiger partial charge in [0, 0.05) is 60.3 Å². The number of ketones is 3. The number of esters is 2. The van der Waals surface area contributed by atoms with Crippen molar-refractivity contribution in [3.63, 3.8) is 0 Å². The molecule has 1 fully saturated rings. The van der Waals surface area contributed by atoms with E-state index in [4.69, 9.17) is 9.47 Å². The Morgan fingerprint density at radius 3 is 1.87 bits per heavy atom. The maximum Gasteiger partial charge on any atom is 0.305 e. The highest BCUT2D eigenvalue weighted by Crippen LogP contribution is 2.50. The van der Waals surface area contributed by atoms with E-state index in [2.05, 4.69) is 0 Å².